The van der Waals surface area contributed by atoms with Crippen LogP contribution in [0.2, 0.25) is 0 Å². The molecule has 6 aromatic rings. The molecule has 2 saturated heterocycles. The molecular weight excluding hydrogens is 979 g/mol. The number of ketones is 1. The predicted octanol–water partition coefficient (Wildman–Crippen LogP) is 10.7. The van der Waals surface area contributed by atoms with E-state index in [0.29, 0.717) is 76.1 Å². The highest BCUT2D eigenvalue weighted by Crippen LogP contribution is 2.38. The van der Waals surface area contributed by atoms with Crippen LogP contribution in [0.1, 0.15) is 132 Å². The van der Waals surface area contributed by atoms with E-state index in [-0.39, 0.29) is 55.8 Å². The van der Waals surface area contributed by atoms with Crippen molar-refractivity contribution in [2.45, 2.75) is 127 Å². The molecule has 4 aliphatic heterocycles. The fraction of sp³-hybridized carbons (Fsp3) is 0.471. The van der Waals surface area contributed by atoms with E-state index < -0.39 is 35.8 Å². The second-order valence-electron chi connectivity index (χ2n) is 18.8. The average molecular weight is 1030 g/mol. The van der Waals surface area contributed by atoms with Gasteiger partial charge in [0.15, 0.2) is 29.4 Å². The number of hydrogen-bond acceptors (Lipinski definition) is 13. The van der Waals surface area contributed by atoms with Gasteiger partial charge in [-0.3, -0.25) is 24.0 Å². The second kappa shape index (κ2) is 21.0. The fourth-order valence-corrected chi connectivity index (χ4v) is 12.3. The molecule has 0 spiro atoms. The van der Waals surface area contributed by atoms with Gasteiger partial charge in [0.2, 0.25) is 0 Å². The third-order valence-electron chi connectivity index (χ3n) is 14.3. The van der Waals surface area contributed by atoms with Crippen LogP contribution in [-0.2, 0) is 52.8 Å². The summed E-state index contributed by atoms with van der Waals surface area (Å²) in [6.45, 7) is 4.83. The molecule has 0 amide bonds. The number of carbonyl (C=O) groups is 1. The van der Waals surface area contributed by atoms with Crippen LogP contribution in [0.15, 0.2) is 93.9 Å². The van der Waals surface area contributed by atoms with Crippen LogP contribution in [-0.4, -0.2) is 94.8 Å². The number of likely N-dealkylation sites (tertiary alicyclic amines) is 2. The number of hydrogen-bond donors (Lipinski definition) is 0. The van der Waals surface area contributed by atoms with Crippen molar-refractivity contribution in [2.75, 3.05) is 26.2 Å². The van der Waals surface area contributed by atoms with Crippen LogP contribution in [0.4, 0.5) is 26.3 Å². The Labute approximate surface area is 420 Å². The molecule has 4 aromatic heterocycles. The van der Waals surface area contributed by atoms with Gasteiger partial charge in [0.05, 0.1) is 46.6 Å². The van der Waals surface area contributed by atoms with Crippen LogP contribution >= 0.6 is 22.7 Å². The average Bonchev–Trinajstić information content (AvgIpc) is 4.26. The number of Topliss-reactive ketones (excluding diaryl/α,β-unsaturated/α-hetero) is 1. The predicted molar refractivity (Wildman–Crippen MR) is 260 cm³/mol. The summed E-state index contributed by atoms with van der Waals surface area (Å²) in [5.41, 5.74) is 3.64. The Bertz CT molecular complexity index is 2690. The highest BCUT2D eigenvalue weighted by atomic mass is 32.1. The second-order valence-corrected chi connectivity index (χ2v) is 20.6. The molecule has 21 heteroatoms. The first-order valence-electron chi connectivity index (χ1n) is 24.5. The lowest BCUT2D eigenvalue weighted by Gasteiger charge is -2.41. The van der Waals surface area contributed by atoms with Gasteiger partial charge in [-0.25, -0.2) is 9.97 Å². The molecule has 2 unspecified atom stereocenters. The number of piperidine rings is 2. The molecule has 0 N–H and O–H groups in total. The smallest absolute Gasteiger partial charge is 0.387 e. The lowest BCUT2D eigenvalue weighted by atomic mass is 9.91. The van der Waals surface area contributed by atoms with E-state index in [1.807, 2.05) is 81.2 Å². The molecular formula is C51H54F6N10O3S2. The normalized spacial score (nSPS) is 20.6. The number of nitrogens with zero attached hydrogens (tertiary/aromatic N) is 10. The van der Waals surface area contributed by atoms with Crippen molar-refractivity contribution in [3.8, 4) is 0 Å². The number of halogens is 6. The molecule has 4 atom stereocenters. The molecule has 72 heavy (non-hydrogen) atoms. The number of rotatable bonds is 16. The molecule has 13 nitrogen and oxygen atoms in total. The summed E-state index contributed by atoms with van der Waals surface area (Å²) in [5.74, 6) is -0.210. The summed E-state index contributed by atoms with van der Waals surface area (Å²) >= 11 is 3.08. The Balaban J connectivity index is 0.895. The Kier molecular flexibility index (Phi) is 14.5. The molecule has 380 valence electrons. The number of carbonyl (C=O) groups excluding carboxylic acids is 1. The topological polar surface area (TPSA) is 128 Å². The van der Waals surface area contributed by atoms with Gasteiger partial charge < -0.3 is 9.68 Å². The third-order valence-corrected chi connectivity index (χ3v) is 16.3. The number of aryl methyl sites for hydroxylation is 2. The van der Waals surface area contributed by atoms with Crippen molar-refractivity contribution < 1.29 is 40.8 Å². The van der Waals surface area contributed by atoms with Crippen LogP contribution < -0.4 is 0 Å². The summed E-state index contributed by atoms with van der Waals surface area (Å²) < 4.78 is 87.6. The summed E-state index contributed by atoms with van der Waals surface area (Å²) in [7, 11) is 0. The first-order valence-corrected chi connectivity index (χ1v) is 26.2. The minimum absolute atomic E-state index is 0.0491. The SMILES string of the molecule is CCc1cc(C(F)(F)F)nn1CC(C(=O)C(Cn1nc(C(F)(F)F)cc1CC)N1CCC(c2nc(C3=NO[C@@H](c4ccccc4)C3)cs2)CC1)N1CCC(c2nc(C3=NO[C@@H](c4ccccc4)C3)cs2)CC1. The molecule has 8 heterocycles. The summed E-state index contributed by atoms with van der Waals surface area (Å²) in [6, 6.07) is 19.9. The summed E-state index contributed by atoms with van der Waals surface area (Å²) in [4.78, 5) is 41.2. The lowest BCUT2D eigenvalue weighted by Crippen LogP contribution is -2.57. The number of oxime groups is 2. The number of thiazole rings is 2. The third kappa shape index (κ3) is 10.8. The van der Waals surface area contributed by atoms with Crippen molar-refractivity contribution in [2.24, 2.45) is 10.3 Å². The van der Waals surface area contributed by atoms with Gasteiger partial charge in [0, 0.05) is 46.8 Å². The van der Waals surface area contributed by atoms with E-state index in [0.717, 1.165) is 56.1 Å². The molecule has 2 fully saturated rings. The van der Waals surface area contributed by atoms with E-state index in [9.17, 15) is 26.3 Å². The molecule has 0 radical (unpaired) electrons. The lowest BCUT2D eigenvalue weighted by molar-refractivity contribution is -0.142. The molecule has 2 aromatic carbocycles. The highest BCUT2D eigenvalue weighted by molar-refractivity contribution is 7.10. The number of alkyl halides is 6. The van der Waals surface area contributed by atoms with E-state index in [2.05, 4.69) is 20.5 Å². The monoisotopic (exact) mass is 1030 g/mol. The Morgan fingerprint density at radius 1 is 0.625 bits per heavy atom. The van der Waals surface area contributed by atoms with E-state index in [1.54, 1.807) is 36.5 Å². The summed E-state index contributed by atoms with van der Waals surface area (Å²) in [6.07, 6.45) is -5.71. The Hall–Kier alpha value is -5.77. The quantitative estimate of drug-likeness (QED) is 0.0871. The van der Waals surface area contributed by atoms with Crippen molar-refractivity contribution in [3.63, 3.8) is 0 Å². The Morgan fingerprint density at radius 3 is 1.38 bits per heavy atom. The largest absolute Gasteiger partial charge is 0.435 e. The van der Waals surface area contributed by atoms with Gasteiger partial charge in [-0.2, -0.15) is 36.5 Å². The summed E-state index contributed by atoms with van der Waals surface area (Å²) in [5, 5.41) is 22.6. The van der Waals surface area contributed by atoms with Crippen LogP contribution in [0.5, 0.6) is 0 Å². The maximum absolute atomic E-state index is 15.6. The van der Waals surface area contributed by atoms with Gasteiger partial charge in [-0.15, -0.1) is 22.7 Å². The molecule has 10 rings (SSSR count). The standard InChI is InChI=1S/C51H54F6N10O3S2/c1-3-35-23-45(50(52,53)54)60-66(35)27-41(64-19-15-33(16-20-64)48-58-39(29-71-48)37-25-43(69-62-37)31-11-7-5-8-12-31)47(68)42(28-67-36(4-2)24-46(61-67)51(55,56)57)65-21-17-34(18-22-65)49-59-40(30-72-49)38-26-44(70-63-38)32-13-9-6-10-14-32/h5-14,23-24,29-30,33-34,41-44H,3-4,15-22,25-28H2,1-2H3/t41?,42?,43-,44-/m1/s1. The van der Waals surface area contributed by atoms with Crippen molar-refractivity contribution in [1.29, 1.82) is 0 Å². The minimum atomic E-state index is -4.71. The van der Waals surface area contributed by atoms with Gasteiger partial charge in [-0.05, 0) is 88.0 Å². The van der Waals surface area contributed by atoms with E-state index in [4.69, 9.17) is 19.6 Å². The zero-order chi connectivity index (χ0) is 50.1. The first-order chi connectivity index (χ1) is 34.7. The zero-order valence-corrected chi connectivity index (χ0v) is 41.4. The van der Waals surface area contributed by atoms with E-state index in [1.165, 1.54) is 9.36 Å². The van der Waals surface area contributed by atoms with Crippen LogP contribution in [0.3, 0.4) is 0 Å². The van der Waals surface area contributed by atoms with Gasteiger partial charge in [0.25, 0.3) is 0 Å². The van der Waals surface area contributed by atoms with Gasteiger partial charge >= 0.3 is 12.4 Å². The van der Waals surface area contributed by atoms with Crippen molar-refractivity contribution >= 4 is 39.9 Å². The Morgan fingerprint density at radius 2 is 1.01 bits per heavy atom. The first kappa shape index (κ1) is 49.8. The molecule has 0 aliphatic carbocycles. The minimum Gasteiger partial charge on any atom is -0.387 e. The number of aromatic nitrogens is 6. The van der Waals surface area contributed by atoms with Crippen LogP contribution in [0.25, 0.3) is 0 Å². The highest BCUT2D eigenvalue weighted by Gasteiger charge is 2.42. The van der Waals surface area contributed by atoms with Crippen LogP contribution in [0, 0.1) is 0 Å². The van der Waals surface area contributed by atoms with E-state index >= 15 is 4.79 Å². The maximum Gasteiger partial charge on any atom is 0.435 e. The van der Waals surface area contributed by atoms with Gasteiger partial charge in [-0.1, -0.05) is 84.8 Å². The molecule has 0 bridgehead atoms. The fourth-order valence-electron chi connectivity index (χ4n) is 10.3. The van der Waals surface area contributed by atoms with Crippen molar-refractivity contribution in [1.82, 2.24) is 39.3 Å². The molecule has 4 aliphatic rings. The maximum atomic E-state index is 15.6. The zero-order valence-electron chi connectivity index (χ0n) is 39.7. The van der Waals surface area contributed by atoms with Crippen molar-refractivity contribution in [3.05, 3.63) is 139 Å². The number of benzene rings is 2. The van der Waals surface area contributed by atoms with Gasteiger partial charge in [0.1, 0.15) is 11.4 Å². The molecule has 0 saturated carbocycles.